The molecule has 0 saturated heterocycles. The molecule has 0 amide bonds. The lowest BCUT2D eigenvalue weighted by Gasteiger charge is -2.08. The molecule has 132 valence electrons. The number of nitrogens with zero attached hydrogens (tertiary/aromatic N) is 1. The molecule has 1 aromatic heterocycles. The maximum atomic E-state index is 13.5. The normalized spacial score (nSPS) is 11.3. The van der Waals surface area contributed by atoms with Gasteiger partial charge in [-0.15, -0.1) is 0 Å². The van der Waals surface area contributed by atoms with Gasteiger partial charge in [0.15, 0.2) is 5.78 Å². The summed E-state index contributed by atoms with van der Waals surface area (Å²) < 4.78 is 2.22. The quantitative estimate of drug-likeness (QED) is 0.272. The number of carbonyl (C=O) groups excluding carboxylic acids is 1. The maximum Gasteiger partial charge on any atom is 0.195 e. The number of ketones is 1. The fraction of sp³-hybridized carbons (Fsp3) is 0.208. The molecule has 0 fully saturated rings. The highest BCUT2D eigenvalue weighted by molar-refractivity contribution is 6.40. The van der Waals surface area contributed by atoms with Crippen molar-refractivity contribution in [2.75, 3.05) is 0 Å². The Kier molecular flexibility index (Phi) is 4.85. The van der Waals surface area contributed by atoms with Crippen LogP contribution in [0, 0.1) is 0 Å². The first kappa shape index (κ1) is 17.6. The average molecular weight is 351 g/mol. The van der Waals surface area contributed by atoms with E-state index < -0.39 is 0 Å². The highest BCUT2D eigenvalue weighted by Crippen LogP contribution is 2.27. The van der Waals surface area contributed by atoms with Crippen molar-refractivity contribution in [2.24, 2.45) is 0 Å². The lowest BCUT2D eigenvalue weighted by molar-refractivity contribution is 0.104. The Labute approximate surface area is 161 Å². The Hall–Kier alpha value is -2.81. The molecule has 0 unspecified atom stereocenters. The lowest BCUT2D eigenvalue weighted by Crippen LogP contribution is -2.09. The van der Waals surface area contributed by atoms with Gasteiger partial charge >= 0.3 is 0 Å². The Morgan fingerprint density at radius 1 is 0.852 bits per heavy atom. The Morgan fingerprint density at radius 2 is 1.56 bits per heavy atom. The summed E-state index contributed by atoms with van der Waals surface area (Å²) in [5, 5.41) is 2.85. The number of carbonyl (C=O) groups is 1. The van der Waals surface area contributed by atoms with E-state index >= 15 is 0 Å². The first-order valence-electron chi connectivity index (χ1n) is 9.60. The van der Waals surface area contributed by atoms with Gasteiger partial charge in [0, 0.05) is 34.8 Å². The minimum absolute atomic E-state index is 0.0524. The highest BCUT2D eigenvalue weighted by Gasteiger charge is 2.18. The van der Waals surface area contributed by atoms with Gasteiger partial charge in [0.25, 0.3) is 0 Å². The first-order chi connectivity index (χ1) is 13.2. The summed E-state index contributed by atoms with van der Waals surface area (Å²) in [6.45, 7) is 3.14. The van der Waals surface area contributed by atoms with E-state index in [2.05, 4.69) is 17.6 Å². The summed E-state index contributed by atoms with van der Waals surface area (Å²) >= 11 is 0. The lowest BCUT2D eigenvalue weighted by atomic mass is 9.86. The minimum atomic E-state index is 0.0524. The number of para-hydroxylation sites is 1. The minimum Gasteiger partial charge on any atom is -0.347 e. The van der Waals surface area contributed by atoms with Gasteiger partial charge < -0.3 is 4.57 Å². The van der Waals surface area contributed by atoms with E-state index in [1.165, 1.54) is 12.8 Å². The van der Waals surface area contributed by atoms with Crippen LogP contribution in [0.3, 0.4) is 0 Å². The Balaban J connectivity index is 1.83. The number of rotatable bonds is 6. The van der Waals surface area contributed by atoms with Crippen molar-refractivity contribution < 1.29 is 4.79 Å². The predicted molar refractivity (Wildman–Crippen MR) is 114 cm³/mol. The van der Waals surface area contributed by atoms with Gasteiger partial charge in [-0.3, -0.25) is 4.79 Å². The van der Waals surface area contributed by atoms with Crippen molar-refractivity contribution >= 4 is 40.8 Å². The third kappa shape index (κ3) is 3.19. The fourth-order valence-electron chi connectivity index (χ4n) is 3.81. The van der Waals surface area contributed by atoms with Crippen molar-refractivity contribution in [3.8, 4) is 0 Å². The molecule has 0 aliphatic heterocycles. The molecule has 0 aliphatic rings. The molecule has 4 rings (SSSR count). The third-order valence-corrected chi connectivity index (χ3v) is 5.24. The van der Waals surface area contributed by atoms with E-state index in [-0.39, 0.29) is 5.78 Å². The number of benzene rings is 3. The smallest absolute Gasteiger partial charge is 0.195 e. The van der Waals surface area contributed by atoms with Gasteiger partial charge in [-0.1, -0.05) is 79.8 Å². The van der Waals surface area contributed by atoms with Crippen LogP contribution in [-0.2, 0) is 6.54 Å². The van der Waals surface area contributed by atoms with Crippen molar-refractivity contribution in [2.45, 2.75) is 32.7 Å². The number of hydrogen-bond acceptors (Lipinski definition) is 1. The number of aryl methyl sites for hydroxylation is 1. The topological polar surface area (TPSA) is 22.0 Å². The van der Waals surface area contributed by atoms with Crippen LogP contribution in [0.25, 0.3) is 21.7 Å². The van der Waals surface area contributed by atoms with Crippen molar-refractivity contribution in [1.29, 1.82) is 0 Å². The molecule has 0 bridgehead atoms. The van der Waals surface area contributed by atoms with Crippen LogP contribution in [0.15, 0.2) is 66.9 Å². The second-order valence-corrected chi connectivity index (χ2v) is 7.04. The zero-order valence-corrected chi connectivity index (χ0v) is 15.6. The van der Waals surface area contributed by atoms with Gasteiger partial charge in [-0.05, 0) is 23.3 Å². The SMILES string of the molecule is [B]c1ccc(C(=O)c2cn(CCCCC)c3ccccc23)c2ccccc12. The molecule has 3 heteroatoms. The van der Waals surface area contributed by atoms with Crippen LogP contribution in [0.4, 0.5) is 0 Å². The van der Waals surface area contributed by atoms with Crippen LogP contribution >= 0.6 is 0 Å². The second kappa shape index (κ2) is 7.44. The van der Waals surface area contributed by atoms with E-state index in [1.54, 1.807) is 0 Å². The van der Waals surface area contributed by atoms with Gasteiger partial charge in [0.2, 0.25) is 0 Å². The van der Waals surface area contributed by atoms with E-state index in [0.29, 0.717) is 11.0 Å². The van der Waals surface area contributed by atoms with E-state index in [9.17, 15) is 4.79 Å². The van der Waals surface area contributed by atoms with Gasteiger partial charge in [0.05, 0.1) is 0 Å². The molecule has 2 radical (unpaired) electrons. The molecule has 27 heavy (non-hydrogen) atoms. The number of fused-ring (bicyclic) bond motifs is 2. The predicted octanol–water partition coefficient (Wildman–Crippen LogP) is 5.01. The largest absolute Gasteiger partial charge is 0.347 e. The van der Waals surface area contributed by atoms with Gasteiger partial charge in [0.1, 0.15) is 7.85 Å². The summed E-state index contributed by atoms with van der Waals surface area (Å²) in [5.41, 5.74) is 3.29. The summed E-state index contributed by atoms with van der Waals surface area (Å²) in [7, 11) is 6.11. The van der Waals surface area contributed by atoms with E-state index in [0.717, 1.165) is 40.2 Å². The van der Waals surface area contributed by atoms with E-state index in [1.807, 2.05) is 60.8 Å². The molecular formula is C24H22BNO. The van der Waals surface area contributed by atoms with Crippen LogP contribution in [0.1, 0.15) is 42.1 Å². The summed E-state index contributed by atoms with van der Waals surface area (Å²) in [6, 6.07) is 19.7. The van der Waals surface area contributed by atoms with E-state index in [4.69, 9.17) is 7.85 Å². The van der Waals surface area contributed by atoms with Crippen molar-refractivity contribution in [1.82, 2.24) is 4.57 Å². The summed E-state index contributed by atoms with van der Waals surface area (Å²) in [6.07, 6.45) is 5.52. The van der Waals surface area contributed by atoms with Gasteiger partial charge in [-0.2, -0.15) is 0 Å². The summed E-state index contributed by atoms with van der Waals surface area (Å²) in [5.74, 6) is 0.0524. The second-order valence-electron chi connectivity index (χ2n) is 7.04. The third-order valence-electron chi connectivity index (χ3n) is 5.24. The molecule has 0 aliphatic carbocycles. The average Bonchev–Trinajstić information content (AvgIpc) is 3.07. The standard InChI is InChI=1S/C24H22BNO/c1-2-3-8-15-26-16-21(19-11-6-7-12-23(19)26)24(27)20-13-14-22(25)18-10-5-4-9-17(18)20/h4-7,9-14,16H,2-3,8,15H2,1H3. The molecule has 1 heterocycles. The number of unbranched alkanes of at least 4 members (excludes halogenated alkanes) is 2. The maximum absolute atomic E-state index is 13.5. The molecule has 0 spiro atoms. The molecule has 0 saturated carbocycles. The molecule has 3 aromatic carbocycles. The Morgan fingerprint density at radius 3 is 2.33 bits per heavy atom. The zero-order chi connectivity index (χ0) is 18.8. The molecular weight excluding hydrogens is 329 g/mol. The first-order valence-corrected chi connectivity index (χ1v) is 9.60. The van der Waals surface area contributed by atoms with Crippen LogP contribution < -0.4 is 5.46 Å². The van der Waals surface area contributed by atoms with Crippen LogP contribution in [-0.4, -0.2) is 18.2 Å². The Bertz CT molecular complexity index is 1130. The molecule has 0 N–H and O–H groups in total. The zero-order valence-electron chi connectivity index (χ0n) is 15.6. The van der Waals surface area contributed by atoms with Crippen LogP contribution in [0.5, 0.6) is 0 Å². The monoisotopic (exact) mass is 351 g/mol. The van der Waals surface area contributed by atoms with Crippen molar-refractivity contribution in [3.05, 3.63) is 78.0 Å². The molecule has 2 nitrogen and oxygen atoms in total. The van der Waals surface area contributed by atoms with Crippen LogP contribution in [0.2, 0.25) is 0 Å². The van der Waals surface area contributed by atoms with Crippen molar-refractivity contribution in [3.63, 3.8) is 0 Å². The number of aromatic nitrogens is 1. The highest BCUT2D eigenvalue weighted by atomic mass is 16.1. The molecule has 0 atom stereocenters. The fourth-order valence-corrected chi connectivity index (χ4v) is 3.81. The molecule has 4 aromatic rings. The van der Waals surface area contributed by atoms with Gasteiger partial charge in [-0.25, -0.2) is 0 Å². The summed E-state index contributed by atoms with van der Waals surface area (Å²) in [4.78, 5) is 13.5. The number of hydrogen-bond donors (Lipinski definition) is 0.